The highest BCUT2D eigenvalue weighted by Gasteiger charge is 2.38. The number of fused-ring (bicyclic) bond motifs is 4. The zero-order chi connectivity index (χ0) is 20.8. The van der Waals surface area contributed by atoms with Crippen LogP contribution in [0.1, 0.15) is 51.8 Å². The summed E-state index contributed by atoms with van der Waals surface area (Å²) in [5.74, 6) is 0.0857. The molecule has 0 radical (unpaired) electrons. The molecule has 158 valence electrons. The van der Waals surface area contributed by atoms with Gasteiger partial charge in [0.15, 0.2) is 5.76 Å². The topological polar surface area (TPSA) is 75.8 Å². The van der Waals surface area contributed by atoms with E-state index in [0.717, 1.165) is 12.1 Å². The van der Waals surface area contributed by atoms with Gasteiger partial charge in [-0.15, -0.1) is 0 Å². The highest BCUT2D eigenvalue weighted by atomic mass is 19.1. The van der Waals surface area contributed by atoms with E-state index in [-0.39, 0.29) is 34.8 Å². The number of halogens is 1. The van der Waals surface area contributed by atoms with Crippen LogP contribution in [0.2, 0.25) is 0 Å². The van der Waals surface area contributed by atoms with Gasteiger partial charge < -0.3 is 18.8 Å². The molecule has 2 aromatic rings. The summed E-state index contributed by atoms with van der Waals surface area (Å²) in [6.07, 6.45) is 2.17. The van der Waals surface area contributed by atoms with Gasteiger partial charge in [-0.3, -0.25) is 14.4 Å². The van der Waals surface area contributed by atoms with Gasteiger partial charge in [0.05, 0.1) is 6.26 Å². The van der Waals surface area contributed by atoms with Gasteiger partial charge in [0, 0.05) is 44.3 Å². The second-order valence-corrected chi connectivity index (χ2v) is 8.54. The summed E-state index contributed by atoms with van der Waals surface area (Å²) in [7, 11) is 0. The fourth-order valence-electron chi connectivity index (χ4n) is 5.05. The molecule has 2 amide bonds. The monoisotopic (exact) mass is 413 g/mol. The zero-order valence-electron chi connectivity index (χ0n) is 16.6. The first-order valence-electron chi connectivity index (χ1n) is 10.5. The first-order valence-corrected chi connectivity index (χ1v) is 10.5. The number of carbonyl (C=O) groups is 2. The molecule has 0 aromatic carbocycles. The Kier molecular flexibility index (Phi) is 4.72. The van der Waals surface area contributed by atoms with Gasteiger partial charge >= 0.3 is 0 Å². The van der Waals surface area contributed by atoms with Crippen molar-refractivity contribution in [1.29, 1.82) is 0 Å². The van der Waals surface area contributed by atoms with Crippen molar-refractivity contribution in [2.75, 3.05) is 26.2 Å². The number of furan rings is 1. The van der Waals surface area contributed by atoms with Crippen LogP contribution in [-0.4, -0.2) is 58.5 Å². The number of piperidine rings is 2. The lowest BCUT2D eigenvalue weighted by Gasteiger charge is -2.42. The third-order valence-electron chi connectivity index (χ3n) is 6.57. The number of amides is 2. The minimum atomic E-state index is -0.870. The molecule has 2 atom stereocenters. The Labute approximate surface area is 173 Å². The Hall–Kier alpha value is -2.90. The number of pyridine rings is 1. The molecule has 2 bridgehead atoms. The number of rotatable bonds is 2. The third-order valence-corrected chi connectivity index (χ3v) is 6.57. The number of nitrogens with zero attached hydrogens (tertiary/aromatic N) is 3. The molecule has 2 fully saturated rings. The van der Waals surface area contributed by atoms with Gasteiger partial charge in [0.2, 0.25) is 0 Å². The first-order chi connectivity index (χ1) is 14.5. The van der Waals surface area contributed by atoms with Crippen LogP contribution in [0.3, 0.4) is 0 Å². The van der Waals surface area contributed by atoms with Gasteiger partial charge in [-0.2, -0.15) is 0 Å². The average molecular weight is 413 g/mol. The number of likely N-dealkylation sites (tertiary alicyclic amines) is 2. The molecule has 0 N–H and O–H groups in total. The molecule has 3 aliphatic heterocycles. The first kappa shape index (κ1) is 19.1. The van der Waals surface area contributed by atoms with E-state index in [9.17, 15) is 18.8 Å². The molecule has 0 aliphatic carbocycles. The van der Waals surface area contributed by atoms with Gasteiger partial charge in [0.1, 0.15) is 11.7 Å². The van der Waals surface area contributed by atoms with Gasteiger partial charge in [0.25, 0.3) is 17.4 Å². The minimum Gasteiger partial charge on any atom is -0.459 e. The number of aromatic nitrogens is 1. The SMILES string of the molecule is O=C(c1ccco1)N1C[C@@H]2C[C@H](C1)c1ccc(C(=O)N3CCC(F)CC3)c(=O)n1C2. The quantitative estimate of drug-likeness (QED) is 0.757. The summed E-state index contributed by atoms with van der Waals surface area (Å²) in [5, 5.41) is 0. The van der Waals surface area contributed by atoms with Gasteiger partial charge in [-0.05, 0) is 49.4 Å². The molecular weight excluding hydrogens is 389 g/mol. The molecule has 5 heterocycles. The van der Waals surface area contributed by atoms with E-state index < -0.39 is 6.17 Å². The average Bonchev–Trinajstić information content (AvgIpc) is 3.29. The second kappa shape index (κ2) is 7.41. The maximum Gasteiger partial charge on any atom is 0.289 e. The summed E-state index contributed by atoms with van der Waals surface area (Å²) in [6, 6.07) is 6.81. The van der Waals surface area contributed by atoms with Crippen LogP contribution in [-0.2, 0) is 6.54 Å². The lowest BCUT2D eigenvalue weighted by molar-refractivity contribution is 0.0563. The third kappa shape index (κ3) is 3.24. The van der Waals surface area contributed by atoms with Gasteiger partial charge in [-0.25, -0.2) is 4.39 Å². The molecule has 0 unspecified atom stereocenters. The molecular formula is C22H24FN3O4. The van der Waals surface area contributed by atoms with Crippen molar-refractivity contribution in [3.63, 3.8) is 0 Å². The van der Waals surface area contributed by atoms with Crippen molar-refractivity contribution in [3.8, 4) is 0 Å². The Morgan fingerprint density at radius 1 is 1.00 bits per heavy atom. The van der Waals surface area contributed by atoms with E-state index in [1.807, 2.05) is 6.07 Å². The summed E-state index contributed by atoms with van der Waals surface area (Å²) in [6.45, 7) is 2.25. The Morgan fingerprint density at radius 3 is 2.53 bits per heavy atom. The molecule has 7 nitrogen and oxygen atoms in total. The Balaban J connectivity index is 1.39. The summed E-state index contributed by atoms with van der Waals surface area (Å²) < 4.78 is 20.4. The molecule has 2 saturated heterocycles. The van der Waals surface area contributed by atoms with Crippen LogP contribution in [0, 0.1) is 5.92 Å². The highest BCUT2D eigenvalue weighted by Crippen LogP contribution is 2.35. The lowest BCUT2D eigenvalue weighted by Crippen LogP contribution is -2.50. The standard InChI is InChI=1S/C22H24FN3O4/c23-16-5-7-24(8-6-16)20(27)17-3-4-18-15-10-14(12-26(18)21(17)28)11-25(13-15)22(29)19-2-1-9-30-19/h1-4,9,14-16H,5-8,10-13H2/t14-,15+/m0/s1. The van der Waals surface area contributed by atoms with E-state index >= 15 is 0 Å². The molecule has 0 saturated carbocycles. The van der Waals surface area contributed by atoms with Crippen molar-refractivity contribution in [3.05, 3.63) is 57.9 Å². The van der Waals surface area contributed by atoms with E-state index in [2.05, 4.69) is 0 Å². The van der Waals surface area contributed by atoms with Crippen LogP contribution in [0.25, 0.3) is 0 Å². The van der Waals surface area contributed by atoms with Crippen molar-refractivity contribution in [2.45, 2.75) is 37.9 Å². The van der Waals surface area contributed by atoms with Crippen LogP contribution in [0.5, 0.6) is 0 Å². The van der Waals surface area contributed by atoms with Crippen molar-refractivity contribution in [1.82, 2.24) is 14.4 Å². The molecule has 8 heteroatoms. The highest BCUT2D eigenvalue weighted by molar-refractivity contribution is 5.94. The van der Waals surface area contributed by atoms with Crippen molar-refractivity contribution >= 4 is 11.8 Å². The largest absolute Gasteiger partial charge is 0.459 e. The van der Waals surface area contributed by atoms with Crippen molar-refractivity contribution < 1.29 is 18.4 Å². The van der Waals surface area contributed by atoms with Crippen LogP contribution < -0.4 is 5.56 Å². The van der Waals surface area contributed by atoms with E-state index in [1.54, 1.807) is 32.6 Å². The van der Waals surface area contributed by atoms with Crippen LogP contribution in [0.15, 0.2) is 39.7 Å². The Morgan fingerprint density at radius 2 is 1.80 bits per heavy atom. The zero-order valence-corrected chi connectivity index (χ0v) is 16.6. The molecule has 5 rings (SSSR count). The van der Waals surface area contributed by atoms with Crippen LogP contribution >= 0.6 is 0 Å². The fraction of sp³-hybridized carbons (Fsp3) is 0.500. The number of carbonyl (C=O) groups excluding carboxylic acids is 2. The van der Waals surface area contributed by atoms with Crippen LogP contribution in [0.4, 0.5) is 4.39 Å². The molecule has 3 aliphatic rings. The molecule has 2 aromatic heterocycles. The summed E-state index contributed by atoms with van der Waals surface area (Å²) in [4.78, 5) is 42.1. The van der Waals surface area contributed by atoms with E-state index in [4.69, 9.17) is 4.42 Å². The minimum absolute atomic E-state index is 0.0514. The normalized spacial score (nSPS) is 23.9. The number of alkyl halides is 1. The number of hydrogen-bond acceptors (Lipinski definition) is 4. The molecule has 0 spiro atoms. The maximum absolute atomic E-state index is 13.4. The number of hydrogen-bond donors (Lipinski definition) is 0. The van der Waals surface area contributed by atoms with E-state index in [0.29, 0.717) is 51.3 Å². The summed E-state index contributed by atoms with van der Waals surface area (Å²) in [5.41, 5.74) is 0.743. The maximum atomic E-state index is 13.4. The Bertz CT molecular complexity index is 1020. The second-order valence-electron chi connectivity index (χ2n) is 8.54. The lowest BCUT2D eigenvalue weighted by atomic mass is 9.83. The smallest absolute Gasteiger partial charge is 0.289 e. The summed E-state index contributed by atoms with van der Waals surface area (Å²) >= 11 is 0. The predicted molar refractivity (Wildman–Crippen MR) is 106 cm³/mol. The van der Waals surface area contributed by atoms with E-state index in [1.165, 1.54) is 6.26 Å². The molecule has 30 heavy (non-hydrogen) atoms. The van der Waals surface area contributed by atoms with Crippen molar-refractivity contribution in [2.24, 2.45) is 5.92 Å². The predicted octanol–water partition coefficient (Wildman–Crippen LogP) is 2.27. The fourth-order valence-corrected chi connectivity index (χ4v) is 5.05. The van der Waals surface area contributed by atoms with Gasteiger partial charge in [-0.1, -0.05) is 0 Å².